The van der Waals surface area contributed by atoms with Crippen molar-refractivity contribution in [2.45, 2.75) is 0 Å². The molecule has 0 unspecified atom stereocenters. The molecule has 0 aromatic carbocycles. The van der Waals surface area contributed by atoms with Gasteiger partial charge in [-0.3, -0.25) is 4.79 Å². The van der Waals surface area contributed by atoms with Gasteiger partial charge in [0.05, 0.1) is 12.1 Å². The highest BCUT2D eigenvalue weighted by Crippen LogP contribution is 1.97. The molecule has 0 rings (SSSR count). The van der Waals surface area contributed by atoms with E-state index in [4.69, 9.17) is 0 Å². The summed E-state index contributed by atoms with van der Waals surface area (Å²) < 4.78 is 11.0. The standard InChI is InChI=1S/C4H4FOS/c5-1-3-7-4-2-6/h1,3H,4H2/b3-1+. The van der Waals surface area contributed by atoms with Gasteiger partial charge in [0.1, 0.15) is 0 Å². The van der Waals surface area contributed by atoms with E-state index in [1.165, 1.54) is 5.41 Å². The van der Waals surface area contributed by atoms with Crippen LogP contribution in [0.2, 0.25) is 0 Å². The van der Waals surface area contributed by atoms with E-state index in [1.807, 2.05) is 0 Å². The molecule has 0 aliphatic heterocycles. The van der Waals surface area contributed by atoms with Gasteiger partial charge < -0.3 is 0 Å². The van der Waals surface area contributed by atoms with Crippen LogP contribution in [-0.2, 0) is 4.79 Å². The van der Waals surface area contributed by atoms with E-state index < -0.39 is 0 Å². The third kappa shape index (κ3) is 5.69. The summed E-state index contributed by atoms with van der Waals surface area (Å²) in [5.41, 5.74) is 0. The first-order valence-electron chi connectivity index (χ1n) is 1.63. The zero-order valence-corrected chi connectivity index (χ0v) is 4.37. The lowest BCUT2D eigenvalue weighted by Crippen LogP contribution is -1.70. The van der Waals surface area contributed by atoms with Crippen molar-refractivity contribution in [2.24, 2.45) is 0 Å². The molecule has 1 nitrogen and oxygen atoms in total. The van der Waals surface area contributed by atoms with Crippen LogP contribution in [0.15, 0.2) is 11.7 Å². The number of carbonyl (C=O) groups excluding carboxylic acids is 1. The van der Waals surface area contributed by atoms with Crippen LogP contribution in [0.3, 0.4) is 0 Å². The largest absolute Gasteiger partial charge is 0.290 e. The van der Waals surface area contributed by atoms with E-state index in [2.05, 4.69) is 0 Å². The lowest BCUT2D eigenvalue weighted by Gasteiger charge is -1.74. The maximum atomic E-state index is 11.0. The fraction of sp³-hybridized carbons (Fsp3) is 0.250. The Morgan fingerprint density at radius 2 is 2.57 bits per heavy atom. The van der Waals surface area contributed by atoms with Gasteiger partial charge in [0, 0.05) is 0 Å². The fourth-order valence-electron chi connectivity index (χ4n) is 0.119. The zero-order valence-electron chi connectivity index (χ0n) is 3.56. The van der Waals surface area contributed by atoms with Crippen molar-refractivity contribution in [2.75, 3.05) is 5.75 Å². The Balaban J connectivity index is 2.82. The number of halogens is 1. The Hall–Kier alpha value is -0.310. The molecule has 0 atom stereocenters. The lowest BCUT2D eigenvalue weighted by molar-refractivity contribution is 0.560. The topological polar surface area (TPSA) is 17.1 Å². The minimum absolute atomic E-state index is 0.209. The summed E-state index contributed by atoms with van der Waals surface area (Å²) in [7, 11) is 0. The van der Waals surface area contributed by atoms with Crippen molar-refractivity contribution in [1.82, 2.24) is 0 Å². The van der Waals surface area contributed by atoms with Gasteiger partial charge in [-0.15, -0.1) is 11.8 Å². The summed E-state index contributed by atoms with van der Waals surface area (Å²) in [6.45, 7) is 0. The molecule has 39 valence electrons. The summed E-state index contributed by atoms with van der Waals surface area (Å²) in [4.78, 5) is 9.38. The molecule has 0 spiro atoms. The lowest BCUT2D eigenvalue weighted by atomic mass is 10.9. The van der Waals surface area contributed by atoms with Crippen LogP contribution >= 0.6 is 11.8 Å². The second-order valence-corrected chi connectivity index (χ2v) is 1.61. The van der Waals surface area contributed by atoms with E-state index >= 15 is 0 Å². The Bertz CT molecular complexity index is 72.1. The van der Waals surface area contributed by atoms with Gasteiger partial charge in [0.15, 0.2) is 0 Å². The molecule has 0 amide bonds. The third-order valence-corrected chi connectivity index (χ3v) is 0.870. The molecule has 0 aromatic rings. The van der Waals surface area contributed by atoms with Crippen LogP contribution in [0.4, 0.5) is 4.39 Å². The fourth-order valence-corrected chi connectivity index (χ4v) is 0.356. The van der Waals surface area contributed by atoms with Crippen LogP contribution in [0.25, 0.3) is 0 Å². The average Bonchev–Trinajstić information content (AvgIpc) is 1.69. The van der Waals surface area contributed by atoms with Crippen molar-refractivity contribution in [1.29, 1.82) is 0 Å². The van der Waals surface area contributed by atoms with Gasteiger partial charge in [-0.1, -0.05) is 0 Å². The second-order valence-electron chi connectivity index (χ2n) is 0.717. The second kappa shape index (κ2) is 5.69. The molecule has 0 N–H and O–H groups in total. The van der Waals surface area contributed by atoms with Crippen molar-refractivity contribution in [3.8, 4) is 0 Å². The minimum atomic E-state index is 0.209. The molecule has 0 aliphatic carbocycles. The van der Waals surface area contributed by atoms with Crippen LogP contribution in [0.5, 0.6) is 0 Å². The van der Waals surface area contributed by atoms with E-state index in [0.29, 0.717) is 6.33 Å². The summed E-state index contributed by atoms with van der Waals surface area (Å²) in [6.07, 6.45) is 1.99. The number of hydrogen-bond donors (Lipinski definition) is 0. The molecule has 3 heteroatoms. The van der Waals surface area contributed by atoms with Gasteiger partial charge in [-0.25, -0.2) is 4.39 Å². The quantitative estimate of drug-likeness (QED) is 0.520. The average molecular weight is 119 g/mol. The number of hydrogen-bond acceptors (Lipinski definition) is 2. The molecule has 1 radical (unpaired) electrons. The molecule has 0 aliphatic rings. The first-order valence-corrected chi connectivity index (χ1v) is 2.68. The molecule has 0 heterocycles. The minimum Gasteiger partial charge on any atom is -0.290 e. The summed E-state index contributed by atoms with van der Waals surface area (Å²) in [6, 6.07) is 0. The monoisotopic (exact) mass is 119 g/mol. The highest BCUT2D eigenvalue weighted by Gasteiger charge is 1.75. The smallest absolute Gasteiger partial charge is 0.209 e. The van der Waals surface area contributed by atoms with Crippen LogP contribution in [0.1, 0.15) is 0 Å². The predicted octanol–water partition coefficient (Wildman–Crippen LogP) is 1.27. The third-order valence-electron chi connectivity index (χ3n) is 0.290. The van der Waals surface area contributed by atoms with Crippen molar-refractivity contribution < 1.29 is 9.18 Å². The van der Waals surface area contributed by atoms with Crippen molar-refractivity contribution in [3.63, 3.8) is 0 Å². The van der Waals surface area contributed by atoms with Gasteiger partial charge in [0.2, 0.25) is 6.29 Å². The SMILES string of the molecule is O=[C]CS/C=C/F. The predicted molar refractivity (Wildman–Crippen MR) is 28.4 cm³/mol. The maximum Gasteiger partial charge on any atom is 0.209 e. The molecular weight excluding hydrogens is 115 g/mol. The molecule has 7 heavy (non-hydrogen) atoms. The number of thioether (sulfide) groups is 1. The van der Waals surface area contributed by atoms with E-state index in [-0.39, 0.29) is 5.75 Å². The summed E-state index contributed by atoms with van der Waals surface area (Å²) in [5, 5.41) is 1.20. The molecule has 0 saturated carbocycles. The number of rotatable bonds is 3. The van der Waals surface area contributed by atoms with Gasteiger partial charge in [-0.05, 0) is 5.41 Å². The van der Waals surface area contributed by atoms with Gasteiger partial charge in [0.25, 0.3) is 0 Å². The molecule has 0 fully saturated rings. The Morgan fingerprint density at radius 3 is 3.00 bits per heavy atom. The van der Waals surface area contributed by atoms with Gasteiger partial charge in [-0.2, -0.15) is 0 Å². The molecule has 0 bridgehead atoms. The summed E-state index contributed by atoms with van der Waals surface area (Å²) >= 11 is 1.07. The first-order chi connectivity index (χ1) is 3.41. The van der Waals surface area contributed by atoms with Gasteiger partial charge >= 0.3 is 0 Å². The van der Waals surface area contributed by atoms with Crippen molar-refractivity contribution in [3.05, 3.63) is 11.7 Å². The first kappa shape index (κ1) is 6.69. The highest BCUT2D eigenvalue weighted by molar-refractivity contribution is 8.02. The Labute approximate surface area is 45.6 Å². The maximum absolute atomic E-state index is 11.0. The highest BCUT2D eigenvalue weighted by atomic mass is 32.2. The van der Waals surface area contributed by atoms with Crippen molar-refractivity contribution >= 4 is 18.0 Å². The summed E-state index contributed by atoms with van der Waals surface area (Å²) in [5.74, 6) is 0.209. The van der Waals surface area contributed by atoms with E-state index in [1.54, 1.807) is 6.29 Å². The zero-order chi connectivity index (χ0) is 5.54. The van der Waals surface area contributed by atoms with E-state index in [0.717, 1.165) is 11.8 Å². The van der Waals surface area contributed by atoms with E-state index in [9.17, 15) is 9.18 Å². The normalized spacial score (nSPS) is 9.86. The molecule has 0 aromatic heterocycles. The van der Waals surface area contributed by atoms with Crippen LogP contribution in [0, 0.1) is 0 Å². The molecular formula is C4H4FOS. The van der Waals surface area contributed by atoms with Crippen LogP contribution in [-0.4, -0.2) is 12.0 Å². The molecule has 0 saturated heterocycles. The Morgan fingerprint density at radius 1 is 1.86 bits per heavy atom. The van der Waals surface area contributed by atoms with Crippen LogP contribution < -0.4 is 0 Å². The Kier molecular flexibility index (Phi) is 5.44.